The second-order valence-electron chi connectivity index (χ2n) is 6.19. The van der Waals surface area contributed by atoms with Crippen LogP contribution in [0.2, 0.25) is 0 Å². The molecule has 0 aromatic heterocycles. The van der Waals surface area contributed by atoms with Crippen LogP contribution in [0.25, 0.3) is 0 Å². The maximum Gasteiger partial charge on any atom is 0.147 e. The zero-order valence-electron chi connectivity index (χ0n) is 12.8. The van der Waals surface area contributed by atoms with Crippen molar-refractivity contribution in [2.45, 2.75) is 52.4 Å². The number of rotatable bonds is 8. The second kappa shape index (κ2) is 8.25. The zero-order valence-corrected chi connectivity index (χ0v) is 13.6. The zero-order chi connectivity index (χ0) is 14.3. The molecule has 0 amide bonds. The molecule has 19 heavy (non-hydrogen) atoms. The molecule has 0 bridgehead atoms. The Morgan fingerprint density at radius 2 is 1.89 bits per heavy atom. The van der Waals surface area contributed by atoms with E-state index in [1.807, 2.05) is 0 Å². The molecule has 1 fully saturated rings. The Hall–Kier alpha value is -0.0900. The van der Waals surface area contributed by atoms with Gasteiger partial charge in [0, 0.05) is 12.0 Å². The van der Waals surface area contributed by atoms with Gasteiger partial charge in [-0.2, -0.15) is 0 Å². The highest BCUT2D eigenvalue weighted by Gasteiger charge is 2.29. The van der Waals surface area contributed by atoms with Gasteiger partial charge in [0.1, 0.15) is 9.84 Å². The van der Waals surface area contributed by atoms with Crippen molar-refractivity contribution in [2.24, 2.45) is 17.8 Å². The van der Waals surface area contributed by atoms with Crippen LogP contribution >= 0.6 is 0 Å². The van der Waals surface area contributed by atoms with Gasteiger partial charge in [0.15, 0.2) is 0 Å². The number of hydrogen-bond acceptors (Lipinski definition) is 3. The van der Waals surface area contributed by atoms with Gasteiger partial charge in [-0.1, -0.05) is 26.7 Å². The third kappa shape index (κ3) is 6.75. The molecule has 0 heterocycles. The lowest BCUT2D eigenvalue weighted by Gasteiger charge is -2.36. The highest BCUT2D eigenvalue weighted by Crippen LogP contribution is 2.37. The van der Waals surface area contributed by atoms with Crippen LogP contribution in [0.4, 0.5) is 0 Å². The van der Waals surface area contributed by atoms with Crippen molar-refractivity contribution in [1.29, 1.82) is 0 Å². The minimum Gasteiger partial charge on any atom is -0.317 e. The van der Waals surface area contributed by atoms with Gasteiger partial charge in [-0.3, -0.25) is 0 Å². The third-order valence-electron chi connectivity index (χ3n) is 4.57. The van der Waals surface area contributed by atoms with Crippen LogP contribution in [0.15, 0.2) is 0 Å². The summed E-state index contributed by atoms with van der Waals surface area (Å²) in [7, 11) is -2.79. The molecule has 1 rings (SSSR count). The summed E-state index contributed by atoms with van der Waals surface area (Å²) in [5, 5.41) is 3.47. The van der Waals surface area contributed by atoms with Crippen molar-refractivity contribution in [2.75, 3.05) is 25.1 Å². The minimum absolute atomic E-state index is 0.355. The van der Waals surface area contributed by atoms with Gasteiger partial charge in [0.2, 0.25) is 0 Å². The first-order chi connectivity index (χ1) is 8.96. The summed E-state index contributed by atoms with van der Waals surface area (Å²) in [5.74, 6) is 2.69. The quantitative estimate of drug-likeness (QED) is 0.747. The fourth-order valence-electron chi connectivity index (χ4n) is 3.35. The summed E-state index contributed by atoms with van der Waals surface area (Å²) in [4.78, 5) is 0. The Morgan fingerprint density at radius 3 is 2.47 bits per heavy atom. The number of nitrogens with one attached hydrogen (secondary N) is 1. The maximum absolute atomic E-state index is 11.2. The lowest BCUT2D eigenvalue weighted by Crippen LogP contribution is -2.33. The highest BCUT2D eigenvalue weighted by atomic mass is 32.2. The molecule has 0 aliphatic heterocycles. The van der Waals surface area contributed by atoms with Crippen molar-refractivity contribution >= 4 is 9.84 Å². The Labute approximate surface area is 119 Å². The van der Waals surface area contributed by atoms with Crippen molar-refractivity contribution in [3.05, 3.63) is 0 Å². The van der Waals surface area contributed by atoms with Crippen LogP contribution < -0.4 is 5.32 Å². The molecule has 3 atom stereocenters. The molecular formula is C15H31NO2S. The fraction of sp³-hybridized carbons (Fsp3) is 1.00. The van der Waals surface area contributed by atoms with Crippen LogP contribution in [0.3, 0.4) is 0 Å². The lowest BCUT2D eigenvalue weighted by molar-refractivity contribution is 0.163. The second-order valence-corrected chi connectivity index (χ2v) is 8.45. The van der Waals surface area contributed by atoms with E-state index >= 15 is 0 Å². The summed E-state index contributed by atoms with van der Waals surface area (Å²) in [6.45, 7) is 6.57. The van der Waals surface area contributed by atoms with Crippen LogP contribution in [0.1, 0.15) is 52.4 Å². The largest absolute Gasteiger partial charge is 0.317 e. The van der Waals surface area contributed by atoms with Gasteiger partial charge in [-0.15, -0.1) is 0 Å². The molecule has 114 valence electrons. The van der Waals surface area contributed by atoms with E-state index < -0.39 is 9.84 Å². The Kier molecular flexibility index (Phi) is 7.37. The molecule has 0 aromatic rings. The third-order valence-corrected chi connectivity index (χ3v) is 5.60. The molecule has 3 nitrogen and oxygen atoms in total. The van der Waals surface area contributed by atoms with E-state index in [0.717, 1.165) is 43.7 Å². The maximum atomic E-state index is 11.2. The van der Waals surface area contributed by atoms with Crippen LogP contribution in [0.5, 0.6) is 0 Å². The summed E-state index contributed by atoms with van der Waals surface area (Å²) in [5.41, 5.74) is 0. The predicted molar refractivity (Wildman–Crippen MR) is 82.1 cm³/mol. The van der Waals surface area contributed by atoms with E-state index in [-0.39, 0.29) is 0 Å². The fourth-order valence-corrected chi connectivity index (χ4v) is 4.05. The van der Waals surface area contributed by atoms with E-state index in [2.05, 4.69) is 19.2 Å². The molecule has 3 unspecified atom stereocenters. The van der Waals surface area contributed by atoms with Crippen molar-refractivity contribution in [3.8, 4) is 0 Å². The van der Waals surface area contributed by atoms with Crippen LogP contribution in [-0.2, 0) is 9.84 Å². The standard InChI is InChI=1S/C15H31NO2S/c1-4-13-8-9-15(12-16-5-2)14(11-13)7-6-10-19(3,17)18/h13-16H,4-12H2,1-3H3. The van der Waals surface area contributed by atoms with Gasteiger partial charge < -0.3 is 5.32 Å². The van der Waals surface area contributed by atoms with Gasteiger partial charge in [0.25, 0.3) is 0 Å². The average Bonchev–Trinajstić information content (AvgIpc) is 2.35. The lowest BCUT2D eigenvalue weighted by atomic mass is 9.71. The van der Waals surface area contributed by atoms with E-state index in [1.165, 1.54) is 31.9 Å². The SMILES string of the molecule is CCNCC1CCC(CC)CC1CCCS(C)(=O)=O. The molecule has 1 saturated carbocycles. The molecule has 1 aliphatic carbocycles. The van der Waals surface area contributed by atoms with Crippen LogP contribution in [0, 0.1) is 17.8 Å². The monoisotopic (exact) mass is 289 g/mol. The Morgan fingerprint density at radius 1 is 1.16 bits per heavy atom. The minimum atomic E-state index is -2.79. The molecule has 1 aliphatic rings. The summed E-state index contributed by atoms with van der Waals surface area (Å²) in [6.07, 6.45) is 8.51. The van der Waals surface area contributed by atoms with E-state index in [9.17, 15) is 8.42 Å². The predicted octanol–water partition coefficient (Wildman–Crippen LogP) is 2.86. The molecule has 0 radical (unpaired) electrons. The number of sulfone groups is 1. The van der Waals surface area contributed by atoms with E-state index in [1.54, 1.807) is 0 Å². The van der Waals surface area contributed by atoms with Crippen molar-refractivity contribution in [3.63, 3.8) is 0 Å². The summed E-state index contributed by atoms with van der Waals surface area (Å²) >= 11 is 0. The molecule has 4 heteroatoms. The van der Waals surface area contributed by atoms with Gasteiger partial charge in [0.05, 0.1) is 0 Å². The van der Waals surface area contributed by atoms with E-state index in [0.29, 0.717) is 5.75 Å². The van der Waals surface area contributed by atoms with Crippen LogP contribution in [-0.4, -0.2) is 33.5 Å². The smallest absolute Gasteiger partial charge is 0.147 e. The Bertz CT molecular complexity index is 340. The molecule has 0 spiro atoms. The first-order valence-corrected chi connectivity index (χ1v) is 9.90. The van der Waals surface area contributed by atoms with Crippen molar-refractivity contribution in [1.82, 2.24) is 5.32 Å². The van der Waals surface area contributed by atoms with Gasteiger partial charge >= 0.3 is 0 Å². The molecular weight excluding hydrogens is 258 g/mol. The first kappa shape index (κ1) is 17.0. The van der Waals surface area contributed by atoms with Crippen molar-refractivity contribution < 1.29 is 8.42 Å². The average molecular weight is 289 g/mol. The summed E-state index contributed by atoms with van der Waals surface area (Å²) < 4.78 is 22.5. The molecule has 1 N–H and O–H groups in total. The van der Waals surface area contributed by atoms with E-state index in [4.69, 9.17) is 0 Å². The topological polar surface area (TPSA) is 46.2 Å². The normalized spacial score (nSPS) is 28.5. The van der Waals surface area contributed by atoms with Gasteiger partial charge in [-0.05, 0) is 56.5 Å². The number of hydrogen-bond donors (Lipinski definition) is 1. The molecule has 0 saturated heterocycles. The highest BCUT2D eigenvalue weighted by molar-refractivity contribution is 7.90. The van der Waals surface area contributed by atoms with Gasteiger partial charge in [-0.25, -0.2) is 8.42 Å². The Balaban J connectivity index is 2.45. The summed E-state index contributed by atoms with van der Waals surface area (Å²) in [6, 6.07) is 0. The first-order valence-electron chi connectivity index (χ1n) is 7.84. The molecule has 0 aromatic carbocycles.